The number of aliphatic carboxylic acids is 1. The predicted molar refractivity (Wildman–Crippen MR) is 174 cm³/mol. The summed E-state index contributed by atoms with van der Waals surface area (Å²) in [6, 6.07) is -3.54. The molecule has 1 saturated heterocycles. The molecule has 4 N–H and O–H groups in total. The number of likely N-dealkylation sites (tertiary alicyclic amines) is 1. The van der Waals surface area contributed by atoms with Gasteiger partial charge in [-0.05, 0) is 64.7 Å². The number of carbonyl (C=O) groups is 5. The number of amides is 4. The number of hydrogen-bond acceptors (Lipinski definition) is 5. The van der Waals surface area contributed by atoms with E-state index in [0.717, 1.165) is 38.5 Å². The zero-order valence-electron chi connectivity index (χ0n) is 28.0. The van der Waals surface area contributed by atoms with Crippen molar-refractivity contribution in [1.29, 1.82) is 0 Å². The van der Waals surface area contributed by atoms with Gasteiger partial charge < -0.3 is 26.0 Å². The van der Waals surface area contributed by atoms with Crippen LogP contribution in [-0.2, 0) is 24.0 Å². The zero-order valence-corrected chi connectivity index (χ0v) is 28.0. The van der Waals surface area contributed by atoms with Crippen LogP contribution in [0.4, 0.5) is 0 Å². The molecule has 4 amide bonds. The Morgan fingerprint density at radius 2 is 1.34 bits per heavy atom. The van der Waals surface area contributed by atoms with Crippen LogP contribution in [0.25, 0.3) is 0 Å². The summed E-state index contributed by atoms with van der Waals surface area (Å²) in [5.74, 6) is -3.04. The van der Waals surface area contributed by atoms with Gasteiger partial charge in [0.2, 0.25) is 23.6 Å². The lowest BCUT2D eigenvalue weighted by molar-refractivity contribution is -0.145. The first-order valence-electron chi connectivity index (χ1n) is 17.1. The molecule has 0 aromatic carbocycles. The number of unbranched alkanes of at least 4 members (excludes halogenated alkanes) is 11. The van der Waals surface area contributed by atoms with Crippen LogP contribution in [-0.4, -0.2) is 70.3 Å². The van der Waals surface area contributed by atoms with Gasteiger partial charge in [-0.3, -0.25) is 19.2 Å². The van der Waals surface area contributed by atoms with Crippen LogP contribution in [0, 0.1) is 5.92 Å². The van der Waals surface area contributed by atoms with Crippen molar-refractivity contribution in [3.05, 3.63) is 12.2 Å². The maximum absolute atomic E-state index is 13.1. The quantitative estimate of drug-likeness (QED) is 0.0907. The lowest BCUT2D eigenvalue weighted by atomic mass is 10.0. The van der Waals surface area contributed by atoms with Crippen molar-refractivity contribution in [3.8, 4) is 0 Å². The van der Waals surface area contributed by atoms with E-state index >= 15 is 0 Å². The predicted octanol–water partition coefficient (Wildman–Crippen LogP) is 5.25. The molecule has 0 bridgehead atoms. The zero-order chi connectivity index (χ0) is 32.9. The van der Waals surface area contributed by atoms with Crippen molar-refractivity contribution in [3.63, 3.8) is 0 Å². The third kappa shape index (κ3) is 15.7. The first-order chi connectivity index (χ1) is 21.0. The van der Waals surface area contributed by atoms with Gasteiger partial charge in [0.15, 0.2) is 0 Å². The highest BCUT2D eigenvalue weighted by atomic mass is 16.4. The molecule has 0 saturated carbocycles. The molecule has 44 heavy (non-hydrogen) atoms. The van der Waals surface area contributed by atoms with Gasteiger partial charge in [0.1, 0.15) is 24.2 Å². The number of rotatable bonds is 23. The highest BCUT2D eigenvalue weighted by Gasteiger charge is 2.38. The maximum Gasteiger partial charge on any atom is 0.326 e. The fraction of sp³-hybridized carbons (Fsp3) is 0.794. The van der Waals surface area contributed by atoms with Crippen molar-refractivity contribution in [2.75, 3.05) is 6.54 Å². The molecular formula is C34H60N4O6. The Labute approximate surface area is 265 Å². The Hall–Kier alpha value is -2.91. The molecule has 1 aliphatic heterocycles. The van der Waals surface area contributed by atoms with E-state index in [9.17, 15) is 29.1 Å². The van der Waals surface area contributed by atoms with Crippen molar-refractivity contribution in [1.82, 2.24) is 20.9 Å². The average molecular weight is 621 g/mol. The van der Waals surface area contributed by atoms with Gasteiger partial charge in [-0.2, -0.15) is 0 Å². The number of hydrogen-bond donors (Lipinski definition) is 4. The normalized spacial score (nSPS) is 17.0. The molecule has 4 atom stereocenters. The molecular weight excluding hydrogens is 560 g/mol. The molecule has 252 valence electrons. The van der Waals surface area contributed by atoms with E-state index < -0.39 is 47.9 Å². The molecule has 0 aromatic heterocycles. The largest absolute Gasteiger partial charge is 0.480 e. The van der Waals surface area contributed by atoms with Gasteiger partial charge in [0, 0.05) is 13.0 Å². The summed E-state index contributed by atoms with van der Waals surface area (Å²) in [6.45, 7) is 9.11. The van der Waals surface area contributed by atoms with Crippen LogP contribution in [0.1, 0.15) is 137 Å². The molecule has 0 aromatic rings. The summed E-state index contributed by atoms with van der Waals surface area (Å²) in [5.41, 5.74) is 0. The van der Waals surface area contributed by atoms with Crippen molar-refractivity contribution in [2.45, 2.75) is 162 Å². The van der Waals surface area contributed by atoms with Crippen LogP contribution < -0.4 is 16.0 Å². The minimum atomic E-state index is -1.13. The standard InChI is InChI=1S/C34H60N4O6/c1-6-7-8-9-10-11-12-13-14-15-16-17-18-19-20-23-29(39)35-26(4)31(40)36-27(5)33(42)38-24-21-22-28(38)32(41)37-30(25(2)3)34(43)44/h13-14,25-28,30H,6-12,15-24H2,1-5H3,(H,35,39)(H,36,40)(H,37,41)(H,43,44)/b14-13-/t26-,27-,28-,30-/m0/s1. The summed E-state index contributed by atoms with van der Waals surface area (Å²) < 4.78 is 0. The van der Waals surface area contributed by atoms with E-state index in [-0.39, 0.29) is 11.8 Å². The van der Waals surface area contributed by atoms with Gasteiger partial charge in [0.25, 0.3) is 0 Å². The number of carboxylic acid groups (broad SMARTS) is 1. The second-order valence-corrected chi connectivity index (χ2v) is 12.6. The van der Waals surface area contributed by atoms with Gasteiger partial charge in [-0.15, -0.1) is 0 Å². The van der Waals surface area contributed by atoms with Crippen LogP contribution in [0.2, 0.25) is 0 Å². The summed E-state index contributed by atoms with van der Waals surface area (Å²) in [5, 5.41) is 17.3. The van der Waals surface area contributed by atoms with E-state index in [1.807, 2.05) is 0 Å². The van der Waals surface area contributed by atoms with E-state index in [4.69, 9.17) is 0 Å². The highest BCUT2D eigenvalue weighted by molar-refractivity contribution is 5.95. The molecule has 10 nitrogen and oxygen atoms in total. The van der Waals surface area contributed by atoms with Crippen molar-refractivity contribution >= 4 is 29.6 Å². The van der Waals surface area contributed by atoms with Gasteiger partial charge >= 0.3 is 5.97 Å². The van der Waals surface area contributed by atoms with E-state index in [1.54, 1.807) is 27.7 Å². The first kappa shape index (κ1) is 39.1. The third-order valence-corrected chi connectivity index (χ3v) is 8.23. The van der Waals surface area contributed by atoms with E-state index in [0.29, 0.717) is 25.8 Å². The van der Waals surface area contributed by atoms with Gasteiger partial charge in [-0.1, -0.05) is 84.3 Å². The maximum atomic E-state index is 13.1. The fourth-order valence-corrected chi connectivity index (χ4v) is 5.45. The van der Waals surface area contributed by atoms with Crippen LogP contribution in [0.3, 0.4) is 0 Å². The Kier molecular flexibility index (Phi) is 20.1. The van der Waals surface area contributed by atoms with E-state index in [1.165, 1.54) is 49.8 Å². The summed E-state index contributed by atoms with van der Waals surface area (Å²) in [6.07, 6.45) is 21.4. The number of nitrogens with zero attached hydrogens (tertiary/aromatic N) is 1. The monoisotopic (exact) mass is 620 g/mol. The lowest BCUT2D eigenvalue weighted by Crippen LogP contribution is -2.56. The van der Waals surface area contributed by atoms with E-state index in [2.05, 4.69) is 35.0 Å². The lowest BCUT2D eigenvalue weighted by Gasteiger charge is -2.29. The minimum absolute atomic E-state index is 0.196. The van der Waals surface area contributed by atoms with Crippen molar-refractivity contribution < 1.29 is 29.1 Å². The Morgan fingerprint density at radius 1 is 0.773 bits per heavy atom. The molecule has 0 unspecified atom stereocenters. The molecule has 10 heteroatoms. The second kappa shape index (κ2) is 22.6. The molecule has 1 aliphatic rings. The smallest absolute Gasteiger partial charge is 0.326 e. The Bertz CT molecular complexity index is 921. The van der Waals surface area contributed by atoms with Crippen LogP contribution in [0.15, 0.2) is 12.2 Å². The Morgan fingerprint density at radius 3 is 1.91 bits per heavy atom. The summed E-state index contributed by atoms with van der Waals surface area (Å²) >= 11 is 0. The third-order valence-electron chi connectivity index (χ3n) is 8.23. The first-order valence-corrected chi connectivity index (χ1v) is 17.1. The molecule has 1 fully saturated rings. The second-order valence-electron chi connectivity index (χ2n) is 12.6. The van der Waals surface area contributed by atoms with Crippen molar-refractivity contribution in [2.24, 2.45) is 5.92 Å². The highest BCUT2D eigenvalue weighted by Crippen LogP contribution is 2.19. The summed E-state index contributed by atoms with van der Waals surface area (Å²) in [7, 11) is 0. The van der Waals surface area contributed by atoms with Crippen LogP contribution in [0.5, 0.6) is 0 Å². The molecule has 0 radical (unpaired) electrons. The number of carbonyl (C=O) groups excluding carboxylic acids is 4. The average Bonchev–Trinajstić information content (AvgIpc) is 3.47. The molecule has 1 heterocycles. The molecule has 0 spiro atoms. The molecule has 0 aliphatic carbocycles. The SMILES string of the molecule is CCCCCCCC/C=C\CCCCCCCC(=O)N[C@@H](C)C(=O)N[C@@H](C)C(=O)N1CCC[C@H]1C(=O)N[C@H](C(=O)O)C(C)C. The Balaban J connectivity index is 2.27. The summed E-state index contributed by atoms with van der Waals surface area (Å²) in [4.78, 5) is 63.8. The number of allylic oxidation sites excluding steroid dienone is 2. The number of carboxylic acids is 1. The van der Waals surface area contributed by atoms with Gasteiger partial charge in [-0.25, -0.2) is 4.79 Å². The minimum Gasteiger partial charge on any atom is -0.480 e. The van der Waals surface area contributed by atoms with Gasteiger partial charge in [0.05, 0.1) is 0 Å². The topological polar surface area (TPSA) is 145 Å². The number of nitrogens with one attached hydrogen (secondary N) is 3. The fourth-order valence-electron chi connectivity index (χ4n) is 5.45. The molecule has 1 rings (SSSR count). The van der Waals surface area contributed by atoms with Crippen LogP contribution >= 0.6 is 0 Å².